The quantitative estimate of drug-likeness (QED) is 0.377. The van der Waals surface area contributed by atoms with Crippen molar-refractivity contribution in [1.82, 2.24) is 9.78 Å². The number of hydrogen-bond donors (Lipinski definition) is 1. The highest BCUT2D eigenvalue weighted by Crippen LogP contribution is 2.32. The monoisotopic (exact) mass is 429 g/mol. The molecule has 0 spiro atoms. The predicted octanol–water partition coefficient (Wildman–Crippen LogP) is 5.94. The summed E-state index contributed by atoms with van der Waals surface area (Å²) in [5.41, 5.74) is 3.23. The van der Waals surface area contributed by atoms with Gasteiger partial charge in [0.15, 0.2) is 0 Å². The number of hydrogen-bond acceptors (Lipinski definition) is 3. The molecule has 0 atom stereocenters. The Labute approximate surface area is 186 Å². The standard InChI is InChI=1S/C26H24FN3O2/c1-2-24-23(17-18-25(31)28-20-15-13-19(27)14-16-20)26(32-22-11-7-4-8-12-22)30(29-24)21-9-5-3-6-10-21/h3-16H,2,17-18H2,1H3,(H,28,31). The summed E-state index contributed by atoms with van der Waals surface area (Å²) in [5, 5.41) is 7.60. The summed E-state index contributed by atoms with van der Waals surface area (Å²) >= 11 is 0. The molecule has 0 aliphatic rings. The minimum atomic E-state index is -0.341. The van der Waals surface area contributed by atoms with Gasteiger partial charge in [-0.3, -0.25) is 4.79 Å². The molecule has 32 heavy (non-hydrogen) atoms. The fraction of sp³-hybridized carbons (Fsp3) is 0.154. The van der Waals surface area contributed by atoms with Gasteiger partial charge in [-0.15, -0.1) is 0 Å². The molecule has 0 bridgehead atoms. The van der Waals surface area contributed by atoms with Crippen LogP contribution in [0.2, 0.25) is 0 Å². The zero-order chi connectivity index (χ0) is 22.3. The van der Waals surface area contributed by atoms with Crippen molar-refractivity contribution < 1.29 is 13.9 Å². The largest absolute Gasteiger partial charge is 0.439 e. The second kappa shape index (κ2) is 9.92. The second-order valence-corrected chi connectivity index (χ2v) is 7.30. The minimum Gasteiger partial charge on any atom is -0.439 e. The smallest absolute Gasteiger partial charge is 0.226 e. The number of nitrogens with zero attached hydrogens (tertiary/aromatic N) is 2. The molecule has 1 heterocycles. The number of nitrogens with one attached hydrogen (secondary N) is 1. The maximum atomic E-state index is 13.1. The normalized spacial score (nSPS) is 10.7. The first-order chi connectivity index (χ1) is 15.6. The van der Waals surface area contributed by atoms with Crippen LogP contribution in [0.25, 0.3) is 5.69 Å². The van der Waals surface area contributed by atoms with E-state index in [4.69, 9.17) is 9.84 Å². The molecule has 0 saturated heterocycles. The Morgan fingerprint density at radius 1 is 0.969 bits per heavy atom. The van der Waals surface area contributed by atoms with Crippen LogP contribution in [0.3, 0.4) is 0 Å². The number of anilines is 1. The highest BCUT2D eigenvalue weighted by molar-refractivity contribution is 5.90. The van der Waals surface area contributed by atoms with E-state index in [9.17, 15) is 9.18 Å². The Morgan fingerprint density at radius 2 is 1.62 bits per heavy atom. The number of halogens is 1. The van der Waals surface area contributed by atoms with E-state index in [1.54, 1.807) is 16.8 Å². The van der Waals surface area contributed by atoms with Crippen LogP contribution in [-0.4, -0.2) is 15.7 Å². The van der Waals surface area contributed by atoms with Crippen LogP contribution in [0.5, 0.6) is 11.6 Å². The lowest BCUT2D eigenvalue weighted by Crippen LogP contribution is -2.12. The number of carbonyl (C=O) groups excluding carboxylic acids is 1. The maximum Gasteiger partial charge on any atom is 0.226 e. The number of aromatic nitrogens is 2. The van der Waals surface area contributed by atoms with E-state index in [1.165, 1.54) is 12.1 Å². The molecule has 0 radical (unpaired) electrons. The van der Waals surface area contributed by atoms with E-state index < -0.39 is 0 Å². The van der Waals surface area contributed by atoms with E-state index in [0.717, 1.165) is 16.9 Å². The molecule has 0 unspecified atom stereocenters. The average molecular weight is 429 g/mol. The topological polar surface area (TPSA) is 56.2 Å². The Bertz CT molecular complexity index is 1170. The average Bonchev–Trinajstić information content (AvgIpc) is 3.17. The second-order valence-electron chi connectivity index (χ2n) is 7.30. The maximum absolute atomic E-state index is 13.1. The SMILES string of the molecule is CCc1nn(-c2ccccc2)c(Oc2ccccc2)c1CCC(=O)Nc1ccc(F)cc1. The number of amides is 1. The van der Waals surface area contributed by atoms with E-state index in [1.807, 2.05) is 67.6 Å². The van der Waals surface area contributed by atoms with Crippen LogP contribution in [0, 0.1) is 5.82 Å². The van der Waals surface area contributed by atoms with Gasteiger partial charge >= 0.3 is 0 Å². The van der Waals surface area contributed by atoms with Crippen molar-refractivity contribution in [3.8, 4) is 17.3 Å². The van der Waals surface area contributed by atoms with Gasteiger partial charge in [0.25, 0.3) is 0 Å². The Morgan fingerprint density at radius 3 is 2.28 bits per heavy atom. The first-order valence-corrected chi connectivity index (χ1v) is 10.6. The Balaban J connectivity index is 1.61. The number of para-hydroxylation sites is 2. The van der Waals surface area contributed by atoms with Gasteiger partial charge in [0.2, 0.25) is 11.8 Å². The summed E-state index contributed by atoms with van der Waals surface area (Å²) in [6, 6.07) is 25.0. The third-order valence-electron chi connectivity index (χ3n) is 5.04. The van der Waals surface area contributed by atoms with Crippen molar-refractivity contribution in [1.29, 1.82) is 0 Å². The summed E-state index contributed by atoms with van der Waals surface area (Å²) in [6.07, 6.45) is 1.42. The number of rotatable bonds is 8. The number of carbonyl (C=O) groups is 1. The molecular weight excluding hydrogens is 405 g/mol. The van der Waals surface area contributed by atoms with Crippen molar-refractivity contribution in [3.05, 3.63) is 102 Å². The molecule has 1 N–H and O–H groups in total. The summed E-state index contributed by atoms with van der Waals surface area (Å²) in [4.78, 5) is 12.5. The highest BCUT2D eigenvalue weighted by Gasteiger charge is 2.21. The zero-order valence-electron chi connectivity index (χ0n) is 17.8. The van der Waals surface area contributed by atoms with Gasteiger partial charge in [-0.1, -0.05) is 43.3 Å². The van der Waals surface area contributed by atoms with E-state index in [0.29, 0.717) is 30.2 Å². The molecule has 6 heteroatoms. The lowest BCUT2D eigenvalue weighted by atomic mass is 10.1. The first-order valence-electron chi connectivity index (χ1n) is 10.6. The molecule has 3 aromatic carbocycles. The molecule has 0 fully saturated rings. The van der Waals surface area contributed by atoms with E-state index in [-0.39, 0.29) is 18.1 Å². The van der Waals surface area contributed by atoms with Gasteiger partial charge in [-0.05, 0) is 61.4 Å². The number of aryl methyl sites for hydroxylation is 1. The predicted molar refractivity (Wildman–Crippen MR) is 123 cm³/mol. The van der Waals surface area contributed by atoms with Gasteiger partial charge in [0.1, 0.15) is 11.6 Å². The van der Waals surface area contributed by atoms with Crippen LogP contribution >= 0.6 is 0 Å². The number of ether oxygens (including phenoxy) is 1. The van der Waals surface area contributed by atoms with Crippen LogP contribution < -0.4 is 10.1 Å². The molecule has 4 aromatic rings. The summed E-state index contributed by atoms with van der Waals surface area (Å²) in [6.45, 7) is 2.03. The summed E-state index contributed by atoms with van der Waals surface area (Å²) in [7, 11) is 0. The van der Waals surface area contributed by atoms with Crippen molar-refractivity contribution in [2.45, 2.75) is 26.2 Å². The molecule has 0 aliphatic heterocycles. The van der Waals surface area contributed by atoms with Crippen LogP contribution in [0.1, 0.15) is 24.6 Å². The van der Waals surface area contributed by atoms with Crippen molar-refractivity contribution in [3.63, 3.8) is 0 Å². The first kappa shape index (κ1) is 21.3. The highest BCUT2D eigenvalue weighted by atomic mass is 19.1. The van der Waals surface area contributed by atoms with Gasteiger partial charge in [0, 0.05) is 17.7 Å². The third-order valence-corrected chi connectivity index (χ3v) is 5.04. The van der Waals surface area contributed by atoms with Gasteiger partial charge in [-0.25, -0.2) is 9.07 Å². The Kier molecular flexibility index (Phi) is 6.60. The molecule has 5 nitrogen and oxygen atoms in total. The minimum absolute atomic E-state index is 0.156. The van der Waals surface area contributed by atoms with Crippen LogP contribution in [0.15, 0.2) is 84.9 Å². The Hall–Kier alpha value is -3.93. The molecular formula is C26H24FN3O2. The molecule has 4 rings (SSSR count). The van der Waals surface area contributed by atoms with Crippen LogP contribution in [-0.2, 0) is 17.6 Å². The molecule has 1 amide bonds. The van der Waals surface area contributed by atoms with Gasteiger partial charge in [-0.2, -0.15) is 5.10 Å². The molecule has 0 saturated carbocycles. The van der Waals surface area contributed by atoms with Gasteiger partial charge < -0.3 is 10.1 Å². The fourth-order valence-corrected chi connectivity index (χ4v) is 3.46. The molecule has 1 aromatic heterocycles. The lowest BCUT2D eigenvalue weighted by molar-refractivity contribution is -0.116. The molecule has 0 aliphatic carbocycles. The van der Waals surface area contributed by atoms with E-state index in [2.05, 4.69) is 5.32 Å². The van der Waals surface area contributed by atoms with E-state index >= 15 is 0 Å². The number of benzene rings is 3. The van der Waals surface area contributed by atoms with Crippen LogP contribution in [0.4, 0.5) is 10.1 Å². The fourth-order valence-electron chi connectivity index (χ4n) is 3.46. The van der Waals surface area contributed by atoms with Crippen molar-refractivity contribution in [2.24, 2.45) is 0 Å². The van der Waals surface area contributed by atoms with Gasteiger partial charge in [0.05, 0.1) is 11.4 Å². The summed E-state index contributed by atoms with van der Waals surface area (Å²) < 4.78 is 21.2. The molecule has 162 valence electrons. The third kappa shape index (κ3) is 5.03. The zero-order valence-corrected chi connectivity index (χ0v) is 17.8. The van der Waals surface area contributed by atoms with Crippen molar-refractivity contribution >= 4 is 11.6 Å². The lowest BCUT2D eigenvalue weighted by Gasteiger charge is -2.11. The van der Waals surface area contributed by atoms with Crippen molar-refractivity contribution in [2.75, 3.05) is 5.32 Å². The summed E-state index contributed by atoms with van der Waals surface area (Å²) in [5.74, 6) is 0.807.